The Hall–Kier alpha value is -1.44. The molecule has 1 heterocycles. The molecule has 13 heavy (non-hydrogen) atoms. The molecule has 0 saturated heterocycles. The van der Waals surface area contributed by atoms with Crippen molar-refractivity contribution in [2.45, 2.75) is 20.8 Å². The Kier molecular flexibility index (Phi) is 1.59. The van der Waals surface area contributed by atoms with Crippen molar-refractivity contribution >= 4 is 16.7 Å². The summed E-state index contributed by atoms with van der Waals surface area (Å²) in [4.78, 5) is 0. The number of nitrogen functional groups attached to an aromatic ring is 1. The minimum Gasteiger partial charge on any atom is -0.445 e. The fourth-order valence-corrected chi connectivity index (χ4v) is 1.75. The minimum atomic E-state index is 0.524. The zero-order valence-corrected chi connectivity index (χ0v) is 8.14. The van der Waals surface area contributed by atoms with Gasteiger partial charge in [-0.05, 0) is 38.0 Å². The van der Waals surface area contributed by atoms with Crippen molar-refractivity contribution in [1.82, 2.24) is 0 Å². The lowest BCUT2D eigenvalue weighted by Gasteiger charge is -2.00. The first-order valence-corrected chi connectivity index (χ1v) is 4.36. The Bertz CT molecular complexity index is 468. The van der Waals surface area contributed by atoms with Crippen LogP contribution in [-0.4, -0.2) is 0 Å². The maximum Gasteiger partial charge on any atom is 0.198 e. The number of nitrogens with two attached hydrogens (primary N) is 1. The zero-order chi connectivity index (χ0) is 9.59. The molecule has 2 aromatic rings. The Labute approximate surface area is 77.3 Å². The normalized spacial score (nSPS) is 11.0. The smallest absolute Gasteiger partial charge is 0.198 e. The van der Waals surface area contributed by atoms with E-state index in [1.165, 1.54) is 11.1 Å². The van der Waals surface area contributed by atoms with Gasteiger partial charge < -0.3 is 10.2 Å². The maximum absolute atomic E-state index is 5.73. The molecule has 0 fully saturated rings. The highest BCUT2D eigenvalue weighted by Gasteiger charge is 2.10. The third-order valence-electron chi connectivity index (χ3n) is 2.62. The first-order chi connectivity index (χ1) is 6.11. The van der Waals surface area contributed by atoms with Crippen molar-refractivity contribution in [3.8, 4) is 0 Å². The lowest BCUT2D eigenvalue weighted by molar-refractivity contribution is 0.558. The van der Waals surface area contributed by atoms with Gasteiger partial charge in [0.05, 0.1) is 0 Å². The van der Waals surface area contributed by atoms with Gasteiger partial charge >= 0.3 is 0 Å². The molecule has 0 bridgehead atoms. The molecule has 2 heteroatoms. The van der Waals surface area contributed by atoms with Gasteiger partial charge in [-0.2, -0.15) is 0 Å². The molecular weight excluding hydrogens is 162 g/mol. The minimum absolute atomic E-state index is 0.524. The fourth-order valence-electron chi connectivity index (χ4n) is 1.75. The first kappa shape index (κ1) is 8.17. The monoisotopic (exact) mass is 175 g/mol. The SMILES string of the molecule is Cc1ccc2c(N)oc(C)c2c1C. The van der Waals surface area contributed by atoms with Crippen LogP contribution in [0.15, 0.2) is 16.5 Å². The summed E-state index contributed by atoms with van der Waals surface area (Å²) in [6, 6.07) is 4.09. The largest absolute Gasteiger partial charge is 0.445 e. The summed E-state index contributed by atoms with van der Waals surface area (Å²) < 4.78 is 5.38. The topological polar surface area (TPSA) is 39.2 Å². The number of furan rings is 1. The molecule has 0 aliphatic heterocycles. The second-order valence-corrected chi connectivity index (χ2v) is 3.45. The Morgan fingerprint density at radius 3 is 2.54 bits per heavy atom. The quantitative estimate of drug-likeness (QED) is 0.668. The van der Waals surface area contributed by atoms with Crippen LogP contribution in [0, 0.1) is 20.8 Å². The maximum atomic E-state index is 5.73. The summed E-state index contributed by atoms with van der Waals surface area (Å²) in [5.74, 6) is 1.43. The van der Waals surface area contributed by atoms with Gasteiger partial charge in [-0.15, -0.1) is 0 Å². The standard InChI is InChI=1S/C11H13NO/c1-6-4-5-9-10(7(6)2)8(3)13-11(9)12/h4-5H,12H2,1-3H3. The first-order valence-electron chi connectivity index (χ1n) is 4.36. The van der Waals surface area contributed by atoms with E-state index in [2.05, 4.69) is 19.9 Å². The van der Waals surface area contributed by atoms with Gasteiger partial charge in [0.25, 0.3) is 0 Å². The van der Waals surface area contributed by atoms with Crippen molar-refractivity contribution in [3.63, 3.8) is 0 Å². The lowest BCUT2D eigenvalue weighted by Crippen LogP contribution is -1.84. The van der Waals surface area contributed by atoms with Gasteiger partial charge in [0.15, 0.2) is 5.88 Å². The number of aryl methyl sites for hydroxylation is 3. The predicted octanol–water partition coefficient (Wildman–Crippen LogP) is 2.94. The molecule has 0 atom stereocenters. The number of rotatable bonds is 0. The summed E-state index contributed by atoms with van der Waals surface area (Å²) in [6.45, 7) is 6.14. The second-order valence-electron chi connectivity index (χ2n) is 3.45. The van der Waals surface area contributed by atoms with Crippen molar-refractivity contribution in [3.05, 3.63) is 29.0 Å². The number of benzene rings is 1. The Morgan fingerprint density at radius 2 is 1.85 bits per heavy atom. The highest BCUT2D eigenvalue weighted by Crippen LogP contribution is 2.31. The van der Waals surface area contributed by atoms with Crippen molar-refractivity contribution < 1.29 is 4.42 Å². The molecular formula is C11H13NO. The van der Waals surface area contributed by atoms with Crippen LogP contribution in [0.25, 0.3) is 10.8 Å². The summed E-state index contributed by atoms with van der Waals surface area (Å²) in [6.07, 6.45) is 0. The number of fused-ring (bicyclic) bond motifs is 1. The number of hydrogen-bond acceptors (Lipinski definition) is 2. The molecule has 2 N–H and O–H groups in total. The molecule has 2 rings (SSSR count). The van der Waals surface area contributed by atoms with E-state index in [0.29, 0.717) is 5.88 Å². The van der Waals surface area contributed by atoms with Crippen molar-refractivity contribution in [1.29, 1.82) is 0 Å². The van der Waals surface area contributed by atoms with Gasteiger partial charge in [0.2, 0.25) is 0 Å². The molecule has 0 saturated carbocycles. The zero-order valence-electron chi connectivity index (χ0n) is 8.14. The van der Waals surface area contributed by atoms with E-state index in [9.17, 15) is 0 Å². The molecule has 0 aliphatic rings. The highest BCUT2D eigenvalue weighted by atomic mass is 16.3. The second kappa shape index (κ2) is 2.52. The fraction of sp³-hybridized carbons (Fsp3) is 0.273. The van der Waals surface area contributed by atoms with Crippen LogP contribution >= 0.6 is 0 Å². The van der Waals surface area contributed by atoms with E-state index in [1.54, 1.807) is 0 Å². The average molecular weight is 175 g/mol. The van der Waals surface area contributed by atoms with Crippen molar-refractivity contribution in [2.75, 3.05) is 5.73 Å². The molecule has 0 amide bonds. The Balaban J connectivity index is 2.98. The van der Waals surface area contributed by atoms with E-state index >= 15 is 0 Å². The van der Waals surface area contributed by atoms with Gasteiger partial charge in [0.1, 0.15) is 5.76 Å². The molecule has 68 valence electrons. The summed E-state index contributed by atoms with van der Waals surface area (Å²) >= 11 is 0. The number of anilines is 1. The third kappa shape index (κ3) is 1.02. The average Bonchev–Trinajstić information content (AvgIpc) is 2.35. The van der Waals surface area contributed by atoms with Crippen LogP contribution in [0.2, 0.25) is 0 Å². The summed E-state index contributed by atoms with van der Waals surface area (Å²) in [5.41, 5.74) is 8.26. The van der Waals surface area contributed by atoms with E-state index in [0.717, 1.165) is 16.5 Å². The van der Waals surface area contributed by atoms with Crippen LogP contribution in [0.1, 0.15) is 16.9 Å². The Morgan fingerprint density at radius 1 is 1.15 bits per heavy atom. The van der Waals surface area contributed by atoms with Crippen LogP contribution < -0.4 is 5.73 Å². The lowest BCUT2D eigenvalue weighted by atomic mass is 10.0. The van der Waals surface area contributed by atoms with Crippen LogP contribution in [0.4, 0.5) is 5.88 Å². The van der Waals surface area contributed by atoms with Crippen LogP contribution in [-0.2, 0) is 0 Å². The van der Waals surface area contributed by atoms with E-state index in [4.69, 9.17) is 10.2 Å². The van der Waals surface area contributed by atoms with E-state index in [-0.39, 0.29) is 0 Å². The summed E-state index contributed by atoms with van der Waals surface area (Å²) in [5, 5.41) is 2.19. The van der Waals surface area contributed by atoms with Crippen molar-refractivity contribution in [2.24, 2.45) is 0 Å². The van der Waals surface area contributed by atoms with E-state index in [1.807, 2.05) is 13.0 Å². The van der Waals surface area contributed by atoms with Gasteiger partial charge in [-0.25, -0.2) is 0 Å². The highest BCUT2D eigenvalue weighted by molar-refractivity contribution is 5.95. The molecule has 0 aliphatic carbocycles. The van der Waals surface area contributed by atoms with Crippen LogP contribution in [0.5, 0.6) is 0 Å². The predicted molar refractivity (Wildman–Crippen MR) is 54.8 cm³/mol. The van der Waals surface area contributed by atoms with Gasteiger partial charge in [-0.1, -0.05) is 6.07 Å². The van der Waals surface area contributed by atoms with E-state index < -0.39 is 0 Å². The van der Waals surface area contributed by atoms with Gasteiger partial charge in [-0.3, -0.25) is 0 Å². The molecule has 0 unspecified atom stereocenters. The molecule has 0 spiro atoms. The molecule has 1 aromatic carbocycles. The molecule has 0 radical (unpaired) electrons. The molecule has 2 nitrogen and oxygen atoms in total. The number of hydrogen-bond donors (Lipinski definition) is 1. The van der Waals surface area contributed by atoms with Crippen LogP contribution in [0.3, 0.4) is 0 Å². The summed E-state index contributed by atoms with van der Waals surface area (Å²) in [7, 11) is 0. The third-order valence-corrected chi connectivity index (χ3v) is 2.62. The molecule has 1 aromatic heterocycles. The van der Waals surface area contributed by atoms with Gasteiger partial charge in [0, 0.05) is 10.8 Å².